The Bertz CT molecular complexity index is 678. The van der Waals surface area contributed by atoms with Crippen molar-refractivity contribution in [2.24, 2.45) is 0 Å². The Morgan fingerprint density at radius 2 is 2.14 bits per heavy atom. The van der Waals surface area contributed by atoms with Gasteiger partial charge in [0.05, 0.1) is 11.3 Å². The molecule has 0 spiro atoms. The van der Waals surface area contributed by atoms with Crippen molar-refractivity contribution < 1.29 is 4.79 Å². The van der Waals surface area contributed by atoms with E-state index in [0.29, 0.717) is 15.2 Å². The highest BCUT2D eigenvalue weighted by Crippen LogP contribution is 2.27. The molecule has 22 heavy (non-hydrogen) atoms. The predicted octanol–water partition coefficient (Wildman–Crippen LogP) is 3.05. The molecular formula is C13H15Cl2N5OS. The fourth-order valence-electron chi connectivity index (χ4n) is 1.78. The van der Waals surface area contributed by atoms with Gasteiger partial charge in [-0.25, -0.2) is 5.10 Å². The number of amides is 1. The number of thioether (sulfide) groups is 1. The Morgan fingerprint density at radius 3 is 2.73 bits per heavy atom. The number of aromatic nitrogens is 3. The second-order valence-corrected chi connectivity index (χ2v) is 6.81. The molecule has 2 rings (SSSR count). The van der Waals surface area contributed by atoms with Crippen LogP contribution in [0.3, 0.4) is 0 Å². The predicted molar refractivity (Wildman–Crippen MR) is 89.1 cm³/mol. The smallest absolute Gasteiger partial charge is 0.233 e. The van der Waals surface area contributed by atoms with E-state index in [1.807, 2.05) is 6.92 Å². The second-order valence-electron chi connectivity index (χ2n) is 4.66. The van der Waals surface area contributed by atoms with E-state index in [-0.39, 0.29) is 23.1 Å². The first-order chi connectivity index (χ1) is 10.4. The molecule has 0 radical (unpaired) electrons. The largest absolute Gasteiger partial charge is 0.368 e. The molecule has 9 heteroatoms. The zero-order valence-corrected chi connectivity index (χ0v) is 14.3. The summed E-state index contributed by atoms with van der Waals surface area (Å²) in [6.07, 6.45) is 0. The van der Waals surface area contributed by atoms with E-state index in [1.54, 1.807) is 25.1 Å². The first-order valence-corrected chi connectivity index (χ1v) is 8.10. The Kier molecular flexibility index (Phi) is 5.55. The first-order valence-electron chi connectivity index (χ1n) is 6.46. The summed E-state index contributed by atoms with van der Waals surface area (Å²) >= 11 is 13.2. The number of H-pyrrole nitrogens is 1. The van der Waals surface area contributed by atoms with Gasteiger partial charge in [0.2, 0.25) is 17.0 Å². The van der Waals surface area contributed by atoms with E-state index < -0.39 is 0 Å². The maximum atomic E-state index is 12.2. The molecule has 4 N–H and O–H groups in total. The van der Waals surface area contributed by atoms with E-state index in [9.17, 15) is 4.79 Å². The zero-order chi connectivity index (χ0) is 16.3. The number of carbonyl (C=O) groups excluding carboxylic acids is 1. The Balaban J connectivity index is 1.98. The normalized spacial score (nSPS) is 13.6. The van der Waals surface area contributed by atoms with Crippen LogP contribution in [0.2, 0.25) is 10.0 Å². The minimum absolute atomic E-state index is 0.146. The number of benzene rings is 1. The van der Waals surface area contributed by atoms with Crippen molar-refractivity contribution in [1.29, 1.82) is 0 Å². The second kappa shape index (κ2) is 7.21. The molecule has 1 amide bonds. The molecule has 6 nitrogen and oxygen atoms in total. The summed E-state index contributed by atoms with van der Waals surface area (Å²) in [5, 5.41) is 10.4. The molecule has 0 saturated carbocycles. The van der Waals surface area contributed by atoms with Gasteiger partial charge in [-0.05, 0) is 31.5 Å². The molecule has 2 aromatic rings. The van der Waals surface area contributed by atoms with E-state index in [4.69, 9.17) is 28.9 Å². The van der Waals surface area contributed by atoms with E-state index in [1.165, 1.54) is 11.8 Å². The maximum absolute atomic E-state index is 12.2. The van der Waals surface area contributed by atoms with Crippen LogP contribution < -0.4 is 11.1 Å². The van der Waals surface area contributed by atoms with Crippen molar-refractivity contribution in [2.75, 3.05) is 5.73 Å². The molecule has 1 heterocycles. The van der Waals surface area contributed by atoms with Crippen LogP contribution in [0.4, 0.5) is 5.95 Å². The number of nitrogens with two attached hydrogens (primary N) is 1. The average Bonchev–Trinajstić information content (AvgIpc) is 2.83. The zero-order valence-electron chi connectivity index (χ0n) is 11.9. The highest BCUT2D eigenvalue weighted by molar-refractivity contribution is 8.00. The minimum Gasteiger partial charge on any atom is -0.368 e. The van der Waals surface area contributed by atoms with Gasteiger partial charge in [0, 0.05) is 10.0 Å². The number of hydrogen-bond acceptors (Lipinski definition) is 5. The molecule has 0 aliphatic rings. The summed E-state index contributed by atoms with van der Waals surface area (Å²) in [5.41, 5.74) is 6.25. The van der Waals surface area contributed by atoms with Gasteiger partial charge in [-0.15, -0.1) is 5.10 Å². The number of aromatic amines is 1. The van der Waals surface area contributed by atoms with Crippen LogP contribution in [0.5, 0.6) is 0 Å². The van der Waals surface area contributed by atoms with E-state index >= 15 is 0 Å². The first kappa shape index (κ1) is 16.9. The van der Waals surface area contributed by atoms with Crippen LogP contribution in [0.1, 0.15) is 25.5 Å². The molecule has 0 bridgehead atoms. The van der Waals surface area contributed by atoms with Crippen LogP contribution in [-0.4, -0.2) is 26.3 Å². The fourth-order valence-corrected chi connectivity index (χ4v) is 3.10. The topological polar surface area (TPSA) is 96.7 Å². The van der Waals surface area contributed by atoms with Gasteiger partial charge in [-0.3, -0.25) is 4.79 Å². The summed E-state index contributed by atoms with van der Waals surface area (Å²) in [4.78, 5) is 16.2. The molecule has 2 atom stereocenters. The van der Waals surface area contributed by atoms with Crippen LogP contribution in [0, 0.1) is 0 Å². The van der Waals surface area contributed by atoms with Crippen molar-refractivity contribution in [3.63, 3.8) is 0 Å². The van der Waals surface area contributed by atoms with Crippen LogP contribution in [-0.2, 0) is 4.79 Å². The van der Waals surface area contributed by atoms with Crippen LogP contribution >= 0.6 is 35.0 Å². The number of halogens is 2. The molecule has 1 aromatic carbocycles. The monoisotopic (exact) mass is 359 g/mol. The van der Waals surface area contributed by atoms with Gasteiger partial charge in [0.1, 0.15) is 0 Å². The number of carbonyl (C=O) groups is 1. The highest BCUT2D eigenvalue weighted by atomic mass is 35.5. The van der Waals surface area contributed by atoms with E-state index in [2.05, 4.69) is 20.5 Å². The quantitative estimate of drug-likeness (QED) is 0.712. The highest BCUT2D eigenvalue weighted by Gasteiger charge is 2.20. The minimum atomic E-state index is -0.372. The molecule has 0 fully saturated rings. The number of anilines is 1. The van der Waals surface area contributed by atoms with Crippen LogP contribution in [0.15, 0.2) is 23.4 Å². The standard InChI is InChI=1S/C13H15Cl2N5OS/c1-6(9-4-3-8(14)5-10(9)15)17-11(21)7(2)22-13-18-12(16)19-20-13/h3-7H,1-2H3,(H,17,21)(H3,16,18,19,20)/t6-,7+/m1/s1. The number of nitrogens with zero attached hydrogens (tertiary/aromatic N) is 2. The lowest BCUT2D eigenvalue weighted by molar-refractivity contribution is -0.120. The van der Waals surface area contributed by atoms with E-state index in [0.717, 1.165) is 5.56 Å². The van der Waals surface area contributed by atoms with Gasteiger partial charge in [-0.1, -0.05) is 41.0 Å². The van der Waals surface area contributed by atoms with Gasteiger partial charge in [0.25, 0.3) is 0 Å². The molecule has 0 saturated heterocycles. The van der Waals surface area contributed by atoms with Crippen molar-refractivity contribution in [3.8, 4) is 0 Å². The fraction of sp³-hybridized carbons (Fsp3) is 0.308. The van der Waals surface area contributed by atoms with Gasteiger partial charge in [-0.2, -0.15) is 4.98 Å². The molecular weight excluding hydrogens is 345 g/mol. The maximum Gasteiger partial charge on any atom is 0.233 e. The van der Waals surface area contributed by atoms with Crippen LogP contribution in [0.25, 0.3) is 0 Å². The lowest BCUT2D eigenvalue weighted by atomic mass is 10.1. The van der Waals surface area contributed by atoms with Gasteiger partial charge < -0.3 is 11.1 Å². The average molecular weight is 360 g/mol. The Morgan fingerprint density at radius 1 is 1.41 bits per heavy atom. The van der Waals surface area contributed by atoms with Crippen molar-refractivity contribution >= 4 is 46.8 Å². The summed E-state index contributed by atoms with van der Waals surface area (Å²) in [5.74, 6) is 0.0725. The summed E-state index contributed by atoms with van der Waals surface area (Å²) in [6, 6.07) is 4.94. The summed E-state index contributed by atoms with van der Waals surface area (Å²) in [6.45, 7) is 3.62. The third-order valence-corrected chi connectivity index (χ3v) is 4.44. The van der Waals surface area contributed by atoms with Gasteiger partial charge >= 0.3 is 0 Å². The Hall–Kier alpha value is -1.44. The molecule has 118 valence electrons. The Labute approximate surface area is 142 Å². The summed E-state index contributed by atoms with van der Waals surface area (Å²) < 4.78 is 0. The molecule has 0 aliphatic heterocycles. The third kappa shape index (κ3) is 4.28. The molecule has 0 unspecified atom stereocenters. The lowest BCUT2D eigenvalue weighted by Gasteiger charge is -2.18. The van der Waals surface area contributed by atoms with Crippen molar-refractivity contribution in [1.82, 2.24) is 20.5 Å². The lowest BCUT2D eigenvalue weighted by Crippen LogP contribution is -2.33. The summed E-state index contributed by atoms with van der Waals surface area (Å²) in [7, 11) is 0. The number of rotatable bonds is 5. The molecule has 0 aliphatic carbocycles. The SMILES string of the molecule is C[C@H](Sc1n[nH]c(N)n1)C(=O)N[C@H](C)c1ccc(Cl)cc1Cl. The van der Waals surface area contributed by atoms with Crippen molar-refractivity contribution in [3.05, 3.63) is 33.8 Å². The third-order valence-electron chi connectivity index (χ3n) is 2.92. The van der Waals surface area contributed by atoms with Crippen molar-refractivity contribution in [2.45, 2.75) is 30.3 Å². The number of hydrogen-bond donors (Lipinski definition) is 3. The molecule has 1 aromatic heterocycles. The number of nitrogen functional groups attached to an aromatic ring is 1. The van der Waals surface area contributed by atoms with Gasteiger partial charge in [0.15, 0.2) is 0 Å². The number of nitrogens with one attached hydrogen (secondary N) is 2.